The van der Waals surface area contributed by atoms with Crippen molar-refractivity contribution in [3.63, 3.8) is 0 Å². The van der Waals surface area contributed by atoms with Gasteiger partial charge in [0, 0.05) is 11.0 Å². The van der Waals surface area contributed by atoms with Crippen molar-refractivity contribution in [2.24, 2.45) is 5.41 Å². The third kappa shape index (κ3) is 2.62. The monoisotopic (exact) mass is 274 g/mol. The summed E-state index contributed by atoms with van der Waals surface area (Å²) in [5, 5.41) is 0. The predicted octanol–water partition coefficient (Wildman–Crippen LogP) is 3.47. The summed E-state index contributed by atoms with van der Waals surface area (Å²) < 4.78 is 5.04. The van der Waals surface area contributed by atoms with Crippen LogP contribution in [0.2, 0.25) is 0 Å². The van der Waals surface area contributed by atoms with Gasteiger partial charge in [-0.2, -0.15) is 0 Å². The minimum Gasteiger partial charge on any atom is -0.466 e. The van der Waals surface area contributed by atoms with Gasteiger partial charge in [0.05, 0.1) is 13.0 Å². The van der Waals surface area contributed by atoms with Gasteiger partial charge in [-0.25, -0.2) is 0 Å². The van der Waals surface area contributed by atoms with Crippen LogP contribution in [0.1, 0.15) is 54.6 Å². The van der Waals surface area contributed by atoms with Gasteiger partial charge >= 0.3 is 5.97 Å². The summed E-state index contributed by atoms with van der Waals surface area (Å²) in [7, 11) is 0. The van der Waals surface area contributed by atoms with Crippen LogP contribution in [0.25, 0.3) is 0 Å². The summed E-state index contributed by atoms with van der Waals surface area (Å²) >= 11 is 0. The van der Waals surface area contributed by atoms with Crippen molar-refractivity contribution in [2.75, 3.05) is 6.61 Å². The molecule has 0 heterocycles. The van der Waals surface area contributed by atoms with E-state index in [1.54, 1.807) is 6.92 Å². The molecule has 0 fully saturated rings. The van der Waals surface area contributed by atoms with Crippen molar-refractivity contribution in [3.05, 3.63) is 34.9 Å². The molecule has 0 N–H and O–H groups in total. The van der Waals surface area contributed by atoms with Gasteiger partial charge < -0.3 is 4.74 Å². The maximum atomic E-state index is 12.8. The number of ether oxygens (including phenoxy) is 1. The molecule has 1 atom stereocenters. The number of hydrogen-bond donors (Lipinski definition) is 0. The third-order valence-electron chi connectivity index (χ3n) is 4.32. The number of ketones is 1. The molecular formula is C17H22O3. The first kappa shape index (κ1) is 14.8. The lowest BCUT2D eigenvalue weighted by Gasteiger charge is -2.35. The number of aryl methyl sites for hydroxylation is 2. The molecule has 1 unspecified atom stereocenters. The number of rotatable bonds is 4. The lowest BCUT2D eigenvalue weighted by atomic mass is 9.67. The van der Waals surface area contributed by atoms with E-state index in [2.05, 4.69) is 6.07 Å². The molecular weight excluding hydrogens is 252 g/mol. The summed E-state index contributed by atoms with van der Waals surface area (Å²) in [6.45, 7) is 6.17. The number of carbonyl (C=O) groups excluding carboxylic acids is 2. The highest BCUT2D eigenvalue weighted by Gasteiger charge is 2.42. The van der Waals surface area contributed by atoms with Crippen molar-refractivity contribution in [3.8, 4) is 0 Å². The highest BCUT2D eigenvalue weighted by Crippen LogP contribution is 2.41. The van der Waals surface area contributed by atoms with Crippen molar-refractivity contribution in [1.29, 1.82) is 0 Å². The topological polar surface area (TPSA) is 43.4 Å². The van der Waals surface area contributed by atoms with Crippen molar-refractivity contribution in [1.82, 2.24) is 0 Å². The maximum absolute atomic E-state index is 12.8. The normalized spacial score (nSPS) is 21.4. The zero-order chi connectivity index (χ0) is 14.8. The molecule has 0 aliphatic heterocycles. The Morgan fingerprint density at radius 3 is 2.75 bits per heavy atom. The fourth-order valence-corrected chi connectivity index (χ4v) is 3.04. The molecule has 3 nitrogen and oxygen atoms in total. The first-order valence-electron chi connectivity index (χ1n) is 7.32. The molecule has 0 radical (unpaired) electrons. The van der Waals surface area contributed by atoms with Gasteiger partial charge in [-0.15, -0.1) is 0 Å². The van der Waals surface area contributed by atoms with E-state index in [1.807, 2.05) is 26.0 Å². The molecule has 2 rings (SSSR count). The van der Waals surface area contributed by atoms with Gasteiger partial charge in [0.25, 0.3) is 0 Å². The summed E-state index contributed by atoms with van der Waals surface area (Å²) in [5.74, 6) is -0.160. The Labute approximate surface area is 120 Å². The average molecular weight is 274 g/mol. The van der Waals surface area contributed by atoms with E-state index < -0.39 is 5.41 Å². The van der Waals surface area contributed by atoms with Crippen LogP contribution >= 0.6 is 0 Å². The van der Waals surface area contributed by atoms with Crippen LogP contribution in [0.5, 0.6) is 0 Å². The Balaban J connectivity index is 2.31. The van der Waals surface area contributed by atoms with Crippen LogP contribution in [-0.2, 0) is 16.0 Å². The molecule has 1 aliphatic carbocycles. The lowest BCUT2D eigenvalue weighted by molar-refractivity contribution is -0.145. The fourth-order valence-electron chi connectivity index (χ4n) is 3.04. The molecule has 3 heteroatoms. The minimum absolute atomic E-state index is 0.106. The van der Waals surface area contributed by atoms with Crippen molar-refractivity contribution in [2.45, 2.75) is 46.5 Å². The molecule has 1 aromatic rings. The summed E-state index contributed by atoms with van der Waals surface area (Å²) in [5.41, 5.74) is 2.50. The van der Waals surface area contributed by atoms with Crippen LogP contribution in [0.15, 0.2) is 18.2 Å². The Bertz CT molecular complexity index is 533. The molecule has 0 saturated heterocycles. The number of hydrogen-bond acceptors (Lipinski definition) is 3. The predicted molar refractivity (Wildman–Crippen MR) is 77.8 cm³/mol. The largest absolute Gasteiger partial charge is 0.466 e. The zero-order valence-corrected chi connectivity index (χ0v) is 12.5. The second-order valence-electron chi connectivity index (χ2n) is 5.61. The summed E-state index contributed by atoms with van der Waals surface area (Å²) in [6.07, 6.45) is 2.47. The van der Waals surface area contributed by atoms with E-state index in [0.29, 0.717) is 13.0 Å². The molecule has 1 aromatic carbocycles. The van der Waals surface area contributed by atoms with Crippen LogP contribution in [0.4, 0.5) is 0 Å². The molecule has 0 aromatic heterocycles. The first-order chi connectivity index (χ1) is 9.52. The molecule has 1 aliphatic rings. The highest BCUT2D eigenvalue weighted by molar-refractivity contribution is 6.04. The van der Waals surface area contributed by atoms with E-state index in [-0.39, 0.29) is 18.2 Å². The van der Waals surface area contributed by atoms with Crippen LogP contribution < -0.4 is 0 Å². The Morgan fingerprint density at radius 1 is 1.35 bits per heavy atom. The van der Waals surface area contributed by atoms with E-state index in [1.165, 1.54) is 5.56 Å². The number of Topliss-reactive ketones (excluding diaryl/α,β-unsaturated/α-hetero) is 1. The summed E-state index contributed by atoms with van der Waals surface area (Å²) in [6, 6.07) is 5.95. The quantitative estimate of drug-likeness (QED) is 0.790. The maximum Gasteiger partial charge on any atom is 0.306 e. The van der Waals surface area contributed by atoms with E-state index in [9.17, 15) is 9.59 Å². The Hall–Kier alpha value is -1.64. The molecule has 0 amide bonds. The number of fused-ring (bicyclic) bond motifs is 1. The van der Waals surface area contributed by atoms with Crippen molar-refractivity contribution < 1.29 is 14.3 Å². The number of carbonyl (C=O) groups is 2. The third-order valence-corrected chi connectivity index (χ3v) is 4.32. The van der Waals surface area contributed by atoms with Gasteiger partial charge in [0.15, 0.2) is 5.78 Å². The van der Waals surface area contributed by atoms with Gasteiger partial charge in [-0.3, -0.25) is 9.59 Å². The van der Waals surface area contributed by atoms with E-state index in [0.717, 1.165) is 24.0 Å². The second kappa shape index (κ2) is 5.78. The Kier molecular flexibility index (Phi) is 4.26. The Morgan fingerprint density at radius 2 is 2.10 bits per heavy atom. The van der Waals surface area contributed by atoms with Crippen LogP contribution in [-0.4, -0.2) is 18.4 Å². The standard InChI is InChI=1S/C17H22O3/c1-4-17(11-15(18)20-5-2)9-8-13-10-12(3)6-7-14(13)16(17)19/h6-7,10H,4-5,8-9,11H2,1-3H3. The summed E-state index contributed by atoms with van der Waals surface area (Å²) in [4.78, 5) is 24.6. The smallest absolute Gasteiger partial charge is 0.306 e. The fraction of sp³-hybridized carbons (Fsp3) is 0.529. The molecule has 20 heavy (non-hydrogen) atoms. The van der Waals surface area contributed by atoms with Gasteiger partial charge in [-0.1, -0.05) is 30.7 Å². The second-order valence-corrected chi connectivity index (χ2v) is 5.61. The molecule has 0 saturated carbocycles. The SMILES string of the molecule is CCOC(=O)CC1(CC)CCc2cc(C)ccc2C1=O. The number of benzene rings is 1. The average Bonchev–Trinajstić information content (AvgIpc) is 2.42. The zero-order valence-electron chi connectivity index (χ0n) is 12.5. The van der Waals surface area contributed by atoms with E-state index in [4.69, 9.17) is 4.74 Å². The van der Waals surface area contributed by atoms with Crippen LogP contribution in [0, 0.1) is 12.3 Å². The van der Waals surface area contributed by atoms with Gasteiger partial charge in [-0.05, 0) is 38.7 Å². The van der Waals surface area contributed by atoms with Gasteiger partial charge in [0.1, 0.15) is 0 Å². The minimum atomic E-state index is -0.575. The van der Waals surface area contributed by atoms with Gasteiger partial charge in [0.2, 0.25) is 0 Å². The molecule has 108 valence electrons. The van der Waals surface area contributed by atoms with E-state index >= 15 is 0 Å². The molecule has 0 bridgehead atoms. The molecule has 0 spiro atoms. The van der Waals surface area contributed by atoms with Crippen LogP contribution in [0.3, 0.4) is 0 Å². The lowest BCUT2D eigenvalue weighted by Crippen LogP contribution is -2.38. The van der Waals surface area contributed by atoms with Crippen molar-refractivity contribution >= 4 is 11.8 Å². The first-order valence-corrected chi connectivity index (χ1v) is 7.32. The highest BCUT2D eigenvalue weighted by atomic mass is 16.5. The number of esters is 1.